The fourth-order valence-electron chi connectivity index (χ4n) is 2.59. The molecule has 0 saturated carbocycles. The molecule has 0 aliphatic heterocycles. The van der Waals surface area contributed by atoms with Gasteiger partial charge in [-0.2, -0.15) is 0 Å². The number of nitrogens with one attached hydrogen (secondary N) is 1. The van der Waals surface area contributed by atoms with Crippen molar-refractivity contribution < 1.29 is 12.8 Å². The minimum absolute atomic E-state index is 0.0805. The third kappa shape index (κ3) is 4.81. The van der Waals surface area contributed by atoms with E-state index in [1.54, 1.807) is 10.9 Å². The lowest BCUT2D eigenvalue weighted by molar-refractivity contribution is 0.600. The molecule has 1 heterocycles. The van der Waals surface area contributed by atoms with Crippen LogP contribution in [-0.4, -0.2) is 23.4 Å². The fourth-order valence-corrected chi connectivity index (χ4v) is 4.07. The standard InChI is InChI=1S/C18H17Cl2FN4O2S/c1-2-3-14-11-25(24-22-14)10-12-4-5-13(21)8-18(12)23-28(26,27)15-6-7-16(19)17(20)9-15/h4-9,11,23H,2-3,10H2,1H3. The summed E-state index contributed by atoms with van der Waals surface area (Å²) in [7, 11) is -3.99. The average molecular weight is 443 g/mol. The highest BCUT2D eigenvalue weighted by atomic mass is 35.5. The Hall–Kier alpha value is -2.16. The minimum atomic E-state index is -3.99. The first-order valence-corrected chi connectivity index (χ1v) is 10.7. The van der Waals surface area contributed by atoms with Crippen molar-refractivity contribution in [1.82, 2.24) is 15.0 Å². The quantitative estimate of drug-likeness (QED) is 0.582. The molecule has 0 amide bonds. The van der Waals surface area contributed by atoms with Crippen LogP contribution in [0.2, 0.25) is 10.0 Å². The Morgan fingerprint density at radius 3 is 2.64 bits per heavy atom. The van der Waals surface area contributed by atoms with Gasteiger partial charge in [0.2, 0.25) is 0 Å². The van der Waals surface area contributed by atoms with E-state index >= 15 is 0 Å². The number of hydrogen-bond acceptors (Lipinski definition) is 4. The molecule has 28 heavy (non-hydrogen) atoms. The molecule has 0 fully saturated rings. The number of anilines is 1. The van der Waals surface area contributed by atoms with Crippen LogP contribution >= 0.6 is 23.2 Å². The number of benzene rings is 2. The third-order valence-corrected chi connectivity index (χ3v) is 6.04. The lowest BCUT2D eigenvalue weighted by Gasteiger charge is -2.13. The molecule has 148 valence electrons. The van der Waals surface area contributed by atoms with Crippen molar-refractivity contribution in [3.05, 3.63) is 69.7 Å². The second-order valence-corrected chi connectivity index (χ2v) is 8.64. The van der Waals surface area contributed by atoms with Crippen molar-refractivity contribution in [2.24, 2.45) is 0 Å². The van der Waals surface area contributed by atoms with E-state index < -0.39 is 15.8 Å². The Balaban J connectivity index is 1.90. The van der Waals surface area contributed by atoms with Crippen LogP contribution < -0.4 is 4.72 Å². The van der Waals surface area contributed by atoms with Crippen molar-refractivity contribution in [1.29, 1.82) is 0 Å². The predicted octanol–water partition coefficient (Wildman–Crippen LogP) is 4.53. The van der Waals surface area contributed by atoms with E-state index in [4.69, 9.17) is 23.2 Å². The zero-order valence-electron chi connectivity index (χ0n) is 14.9. The van der Waals surface area contributed by atoms with Gasteiger partial charge in [-0.25, -0.2) is 17.5 Å². The Morgan fingerprint density at radius 1 is 1.14 bits per heavy atom. The molecule has 0 saturated heterocycles. The SMILES string of the molecule is CCCc1cn(Cc2ccc(F)cc2NS(=O)(=O)c2ccc(Cl)c(Cl)c2)nn1. The number of rotatable bonds is 7. The highest BCUT2D eigenvalue weighted by Crippen LogP contribution is 2.27. The molecule has 0 aliphatic rings. The minimum Gasteiger partial charge on any atom is -0.279 e. The normalized spacial score (nSPS) is 11.6. The molecule has 10 heteroatoms. The highest BCUT2D eigenvalue weighted by Gasteiger charge is 2.18. The summed E-state index contributed by atoms with van der Waals surface area (Å²) in [5.41, 5.74) is 1.49. The van der Waals surface area contributed by atoms with Gasteiger partial charge in [0.25, 0.3) is 10.0 Å². The summed E-state index contributed by atoms with van der Waals surface area (Å²) in [6.45, 7) is 2.27. The lowest BCUT2D eigenvalue weighted by Crippen LogP contribution is -2.15. The van der Waals surface area contributed by atoms with Crippen molar-refractivity contribution in [3.63, 3.8) is 0 Å². The van der Waals surface area contributed by atoms with Crippen LogP contribution in [-0.2, 0) is 23.0 Å². The highest BCUT2D eigenvalue weighted by molar-refractivity contribution is 7.92. The van der Waals surface area contributed by atoms with E-state index in [-0.39, 0.29) is 27.2 Å². The second-order valence-electron chi connectivity index (χ2n) is 6.14. The van der Waals surface area contributed by atoms with Crippen molar-refractivity contribution in [2.45, 2.75) is 31.2 Å². The molecule has 3 rings (SSSR count). The van der Waals surface area contributed by atoms with Crippen molar-refractivity contribution in [2.75, 3.05) is 4.72 Å². The summed E-state index contributed by atoms with van der Waals surface area (Å²) in [4.78, 5) is -0.0805. The van der Waals surface area contributed by atoms with Gasteiger partial charge >= 0.3 is 0 Å². The van der Waals surface area contributed by atoms with E-state index in [1.807, 2.05) is 6.92 Å². The first-order chi connectivity index (χ1) is 13.3. The van der Waals surface area contributed by atoms with Crippen LogP contribution in [0.25, 0.3) is 0 Å². The summed E-state index contributed by atoms with van der Waals surface area (Å²) in [6.07, 6.45) is 3.51. The summed E-state index contributed by atoms with van der Waals surface area (Å²) in [5.74, 6) is -0.569. The van der Waals surface area contributed by atoms with Crippen LogP contribution in [0, 0.1) is 5.82 Å². The molecule has 2 aromatic carbocycles. The monoisotopic (exact) mass is 442 g/mol. The maximum atomic E-state index is 13.8. The van der Waals surface area contributed by atoms with Crippen LogP contribution in [0.1, 0.15) is 24.6 Å². The first-order valence-electron chi connectivity index (χ1n) is 8.44. The molecule has 0 bridgehead atoms. The molecule has 0 aliphatic carbocycles. The summed E-state index contributed by atoms with van der Waals surface area (Å²) in [5, 5.41) is 8.44. The second kappa shape index (κ2) is 8.46. The van der Waals surface area contributed by atoms with Crippen LogP contribution in [0.15, 0.2) is 47.5 Å². The van der Waals surface area contributed by atoms with Gasteiger partial charge in [0, 0.05) is 6.20 Å². The number of halogens is 3. The molecule has 1 N–H and O–H groups in total. The van der Waals surface area contributed by atoms with Crippen molar-refractivity contribution in [3.8, 4) is 0 Å². The van der Waals surface area contributed by atoms with E-state index in [0.717, 1.165) is 24.6 Å². The Morgan fingerprint density at radius 2 is 1.93 bits per heavy atom. The van der Waals surface area contributed by atoms with Crippen LogP contribution in [0.3, 0.4) is 0 Å². The smallest absolute Gasteiger partial charge is 0.261 e. The number of aryl methyl sites for hydroxylation is 1. The summed E-state index contributed by atoms with van der Waals surface area (Å²) in [6, 6.07) is 7.83. The fraction of sp³-hybridized carbons (Fsp3) is 0.222. The van der Waals surface area contributed by atoms with E-state index in [2.05, 4.69) is 15.0 Å². The Kier molecular flexibility index (Phi) is 6.22. The third-order valence-electron chi connectivity index (χ3n) is 3.94. The van der Waals surface area contributed by atoms with E-state index in [9.17, 15) is 12.8 Å². The topological polar surface area (TPSA) is 76.9 Å². The average Bonchev–Trinajstić information content (AvgIpc) is 3.07. The zero-order valence-corrected chi connectivity index (χ0v) is 17.2. The van der Waals surface area contributed by atoms with Crippen LogP contribution in [0.4, 0.5) is 10.1 Å². The number of hydrogen-bond donors (Lipinski definition) is 1. The van der Waals surface area contributed by atoms with Gasteiger partial charge in [-0.1, -0.05) is 47.8 Å². The van der Waals surface area contributed by atoms with Gasteiger partial charge in [0.05, 0.1) is 32.9 Å². The molecule has 0 unspecified atom stereocenters. The summed E-state index contributed by atoms with van der Waals surface area (Å²) >= 11 is 11.8. The number of sulfonamides is 1. The Labute approximate surface area is 172 Å². The maximum absolute atomic E-state index is 13.8. The predicted molar refractivity (Wildman–Crippen MR) is 107 cm³/mol. The van der Waals surface area contributed by atoms with Gasteiger partial charge < -0.3 is 0 Å². The largest absolute Gasteiger partial charge is 0.279 e. The number of nitrogens with zero attached hydrogens (tertiary/aromatic N) is 3. The molecule has 3 aromatic rings. The van der Waals surface area contributed by atoms with Gasteiger partial charge in [0.1, 0.15) is 5.82 Å². The zero-order chi connectivity index (χ0) is 20.3. The van der Waals surface area contributed by atoms with Gasteiger partial charge in [-0.05, 0) is 42.3 Å². The molecule has 0 radical (unpaired) electrons. The van der Waals surface area contributed by atoms with E-state index in [0.29, 0.717) is 5.56 Å². The summed E-state index contributed by atoms with van der Waals surface area (Å²) < 4.78 is 43.2. The van der Waals surface area contributed by atoms with Crippen molar-refractivity contribution >= 4 is 38.9 Å². The molecule has 0 spiro atoms. The lowest BCUT2D eigenvalue weighted by atomic mass is 10.2. The molecule has 1 aromatic heterocycles. The maximum Gasteiger partial charge on any atom is 0.261 e. The van der Waals surface area contributed by atoms with Gasteiger partial charge in [-0.15, -0.1) is 5.10 Å². The first kappa shape index (κ1) is 20.6. The van der Waals surface area contributed by atoms with Gasteiger partial charge in [-0.3, -0.25) is 4.72 Å². The van der Waals surface area contributed by atoms with Gasteiger partial charge in [0.15, 0.2) is 0 Å². The van der Waals surface area contributed by atoms with Crippen LogP contribution in [0.5, 0.6) is 0 Å². The van der Waals surface area contributed by atoms with E-state index in [1.165, 1.54) is 30.3 Å². The molecule has 0 atom stereocenters. The molecule has 6 nitrogen and oxygen atoms in total. The number of aromatic nitrogens is 3. The Bertz CT molecular complexity index is 1100. The molecular formula is C18H17Cl2FN4O2S. The molecular weight excluding hydrogens is 426 g/mol.